The van der Waals surface area contributed by atoms with Gasteiger partial charge in [0.05, 0.1) is 0 Å². The smallest absolute Gasteiger partial charge is 0.0312 e. The molecule has 0 amide bonds. The number of rotatable bonds is 5. The lowest BCUT2D eigenvalue weighted by Crippen LogP contribution is -2.29. The Hall–Kier alpha value is -1.74. The molecule has 1 fully saturated rings. The van der Waals surface area contributed by atoms with E-state index in [0.29, 0.717) is 6.04 Å². The van der Waals surface area contributed by atoms with Gasteiger partial charge in [0, 0.05) is 37.4 Å². The summed E-state index contributed by atoms with van der Waals surface area (Å²) in [7, 11) is 0. The molecule has 1 aliphatic heterocycles. The fourth-order valence-corrected chi connectivity index (χ4v) is 3.04. The van der Waals surface area contributed by atoms with E-state index < -0.39 is 0 Å². The van der Waals surface area contributed by atoms with Gasteiger partial charge in [-0.25, -0.2) is 0 Å². The summed E-state index contributed by atoms with van der Waals surface area (Å²) in [5.74, 6) is 0. The second-order valence-corrected chi connectivity index (χ2v) is 5.52. The van der Waals surface area contributed by atoms with Crippen molar-refractivity contribution in [2.75, 3.05) is 6.54 Å². The van der Waals surface area contributed by atoms with Gasteiger partial charge < -0.3 is 0 Å². The molecule has 0 unspecified atom stereocenters. The van der Waals surface area contributed by atoms with Crippen molar-refractivity contribution in [3.05, 3.63) is 60.2 Å². The van der Waals surface area contributed by atoms with Crippen LogP contribution in [-0.2, 0) is 13.0 Å². The van der Waals surface area contributed by atoms with Crippen LogP contribution in [0.15, 0.2) is 49.1 Å². The molecule has 3 heteroatoms. The highest BCUT2D eigenvalue weighted by Crippen LogP contribution is 2.23. The summed E-state index contributed by atoms with van der Waals surface area (Å²) >= 11 is 0. The van der Waals surface area contributed by atoms with Gasteiger partial charge in [0.1, 0.15) is 0 Å². The van der Waals surface area contributed by atoms with E-state index in [1.807, 2.05) is 30.9 Å². The van der Waals surface area contributed by atoms with Crippen LogP contribution in [0.4, 0.5) is 0 Å². The fraction of sp³-hybridized carbons (Fsp3) is 0.412. The molecule has 3 nitrogen and oxygen atoms in total. The lowest BCUT2D eigenvalue weighted by atomic mass is 10.0. The average molecular weight is 267 g/mol. The van der Waals surface area contributed by atoms with Crippen molar-refractivity contribution in [3.8, 4) is 0 Å². The molecule has 2 aromatic rings. The number of aryl methyl sites for hydroxylation is 1. The van der Waals surface area contributed by atoms with Crippen LogP contribution < -0.4 is 0 Å². The van der Waals surface area contributed by atoms with Crippen LogP contribution in [0.2, 0.25) is 0 Å². The molecule has 0 spiro atoms. The summed E-state index contributed by atoms with van der Waals surface area (Å²) in [6, 6.07) is 9.16. The lowest BCUT2D eigenvalue weighted by molar-refractivity contribution is 0.234. The van der Waals surface area contributed by atoms with E-state index in [0.717, 1.165) is 13.0 Å². The van der Waals surface area contributed by atoms with Gasteiger partial charge in [-0.3, -0.25) is 14.9 Å². The second kappa shape index (κ2) is 6.62. The van der Waals surface area contributed by atoms with Gasteiger partial charge in [0.2, 0.25) is 0 Å². The summed E-state index contributed by atoms with van der Waals surface area (Å²) in [5, 5.41) is 0. The van der Waals surface area contributed by atoms with E-state index in [-0.39, 0.29) is 0 Å². The van der Waals surface area contributed by atoms with Crippen molar-refractivity contribution in [3.63, 3.8) is 0 Å². The average Bonchev–Trinajstić information content (AvgIpc) is 2.94. The molecule has 0 aromatic carbocycles. The molecule has 0 N–H and O–H groups in total. The van der Waals surface area contributed by atoms with Crippen LogP contribution in [0, 0.1) is 0 Å². The molecule has 0 saturated carbocycles. The first-order chi connectivity index (χ1) is 9.92. The van der Waals surface area contributed by atoms with E-state index in [1.165, 1.54) is 36.9 Å². The molecule has 2 aromatic heterocycles. The molecule has 0 radical (unpaired) electrons. The number of likely N-dealkylation sites (tertiary alicyclic amines) is 1. The maximum atomic E-state index is 4.21. The molecule has 1 aliphatic rings. The highest BCUT2D eigenvalue weighted by molar-refractivity contribution is 5.11. The summed E-state index contributed by atoms with van der Waals surface area (Å²) < 4.78 is 0. The van der Waals surface area contributed by atoms with Gasteiger partial charge in [-0.05, 0) is 61.6 Å². The summed E-state index contributed by atoms with van der Waals surface area (Å²) in [6.07, 6.45) is 12.6. The summed E-state index contributed by atoms with van der Waals surface area (Å²) in [5.41, 5.74) is 2.72. The van der Waals surface area contributed by atoms with Gasteiger partial charge >= 0.3 is 0 Å². The molecular formula is C17H21N3. The maximum Gasteiger partial charge on any atom is 0.0312 e. The first-order valence-electron chi connectivity index (χ1n) is 7.44. The van der Waals surface area contributed by atoms with Crippen molar-refractivity contribution >= 4 is 0 Å². The predicted molar refractivity (Wildman–Crippen MR) is 80.2 cm³/mol. The Balaban J connectivity index is 1.56. The first kappa shape index (κ1) is 13.3. The highest BCUT2D eigenvalue weighted by Gasteiger charge is 2.23. The number of pyridine rings is 2. The van der Waals surface area contributed by atoms with Gasteiger partial charge in [0.25, 0.3) is 0 Å². The van der Waals surface area contributed by atoms with Gasteiger partial charge in [-0.1, -0.05) is 6.07 Å². The third-order valence-corrected chi connectivity index (χ3v) is 4.12. The Labute approximate surface area is 120 Å². The van der Waals surface area contributed by atoms with Crippen molar-refractivity contribution in [2.24, 2.45) is 0 Å². The van der Waals surface area contributed by atoms with Crippen LogP contribution in [-0.4, -0.2) is 27.5 Å². The van der Waals surface area contributed by atoms with Gasteiger partial charge in [0.15, 0.2) is 0 Å². The van der Waals surface area contributed by atoms with E-state index >= 15 is 0 Å². The molecule has 0 bridgehead atoms. The van der Waals surface area contributed by atoms with Crippen LogP contribution in [0.5, 0.6) is 0 Å². The van der Waals surface area contributed by atoms with Gasteiger partial charge in [-0.2, -0.15) is 0 Å². The number of nitrogens with zero attached hydrogens (tertiary/aromatic N) is 3. The number of hydrogen-bond donors (Lipinski definition) is 0. The third kappa shape index (κ3) is 3.42. The summed E-state index contributed by atoms with van der Waals surface area (Å²) in [6.45, 7) is 2.25. The minimum absolute atomic E-state index is 0.711. The molecule has 20 heavy (non-hydrogen) atoms. The quantitative estimate of drug-likeness (QED) is 0.833. The summed E-state index contributed by atoms with van der Waals surface area (Å²) in [4.78, 5) is 10.9. The van der Waals surface area contributed by atoms with Crippen molar-refractivity contribution in [2.45, 2.75) is 38.3 Å². The standard InChI is InChI=1S/C17H21N3/c1-3-16(13-19-9-1)14-20-12-2-4-17(20)6-5-15-7-10-18-11-8-15/h1,3,7-11,13,17H,2,4-6,12,14H2/t17-/m0/s1. The zero-order valence-corrected chi connectivity index (χ0v) is 11.8. The maximum absolute atomic E-state index is 4.21. The van der Waals surface area contributed by atoms with E-state index in [4.69, 9.17) is 0 Å². The van der Waals surface area contributed by atoms with E-state index in [1.54, 1.807) is 0 Å². The van der Waals surface area contributed by atoms with E-state index in [9.17, 15) is 0 Å². The normalized spacial score (nSPS) is 19.3. The van der Waals surface area contributed by atoms with Crippen LogP contribution >= 0.6 is 0 Å². The Bertz CT molecular complexity index is 512. The molecule has 3 heterocycles. The SMILES string of the molecule is c1cncc(CN2CCC[C@H]2CCc2ccncc2)c1. The Morgan fingerprint density at radius 3 is 2.75 bits per heavy atom. The zero-order valence-electron chi connectivity index (χ0n) is 11.8. The van der Waals surface area contributed by atoms with Crippen LogP contribution in [0.25, 0.3) is 0 Å². The number of aromatic nitrogens is 2. The monoisotopic (exact) mass is 267 g/mol. The van der Waals surface area contributed by atoms with E-state index in [2.05, 4.69) is 33.1 Å². The molecular weight excluding hydrogens is 246 g/mol. The highest BCUT2D eigenvalue weighted by atomic mass is 15.2. The van der Waals surface area contributed by atoms with Gasteiger partial charge in [-0.15, -0.1) is 0 Å². The lowest BCUT2D eigenvalue weighted by Gasteiger charge is -2.24. The zero-order chi connectivity index (χ0) is 13.6. The fourth-order valence-electron chi connectivity index (χ4n) is 3.04. The number of hydrogen-bond acceptors (Lipinski definition) is 3. The Morgan fingerprint density at radius 2 is 1.95 bits per heavy atom. The predicted octanol–water partition coefficient (Wildman–Crippen LogP) is 3.07. The molecule has 104 valence electrons. The molecule has 0 aliphatic carbocycles. The van der Waals surface area contributed by atoms with Crippen LogP contribution in [0.3, 0.4) is 0 Å². The third-order valence-electron chi connectivity index (χ3n) is 4.12. The Kier molecular flexibility index (Phi) is 4.38. The van der Waals surface area contributed by atoms with Crippen molar-refractivity contribution in [1.29, 1.82) is 0 Å². The Morgan fingerprint density at radius 1 is 1.05 bits per heavy atom. The molecule has 1 saturated heterocycles. The van der Waals surface area contributed by atoms with Crippen LogP contribution in [0.1, 0.15) is 30.4 Å². The van der Waals surface area contributed by atoms with Crippen molar-refractivity contribution in [1.82, 2.24) is 14.9 Å². The topological polar surface area (TPSA) is 29.0 Å². The second-order valence-electron chi connectivity index (χ2n) is 5.52. The molecule has 3 rings (SSSR count). The largest absolute Gasteiger partial charge is 0.296 e. The minimum Gasteiger partial charge on any atom is -0.296 e. The van der Waals surface area contributed by atoms with Crippen molar-refractivity contribution < 1.29 is 0 Å². The minimum atomic E-state index is 0.711. The molecule has 1 atom stereocenters. The first-order valence-corrected chi connectivity index (χ1v) is 7.44.